The van der Waals surface area contributed by atoms with Gasteiger partial charge in [0.15, 0.2) is 11.5 Å². The minimum Gasteiger partial charge on any atom is -0.488 e. The van der Waals surface area contributed by atoms with Gasteiger partial charge in [0.2, 0.25) is 0 Å². The number of nitrogens with one attached hydrogen (secondary N) is 1. The van der Waals surface area contributed by atoms with Crippen molar-refractivity contribution < 1.29 is 19.7 Å². The van der Waals surface area contributed by atoms with E-state index in [4.69, 9.17) is 9.84 Å². The molecule has 5 nitrogen and oxygen atoms in total. The lowest BCUT2D eigenvalue weighted by Gasteiger charge is -2.20. The van der Waals surface area contributed by atoms with Crippen molar-refractivity contribution in [3.05, 3.63) is 59.6 Å². The van der Waals surface area contributed by atoms with Crippen LogP contribution >= 0.6 is 0 Å². The Kier molecular flexibility index (Phi) is 3.64. The number of carbonyl (C=O) groups is 1. The zero-order chi connectivity index (χ0) is 13.0. The molecule has 0 aromatic heterocycles. The molecule has 0 radical (unpaired) electrons. The average Bonchev–Trinajstić information content (AvgIpc) is 2.38. The van der Waals surface area contributed by atoms with Crippen molar-refractivity contribution in [1.29, 1.82) is 0 Å². The van der Waals surface area contributed by atoms with Gasteiger partial charge in [-0.25, -0.2) is 4.79 Å². The van der Waals surface area contributed by atoms with Crippen LogP contribution in [0, 0.1) is 0 Å². The Morgan fingerprint density at radius 1 is 1.33 bits per heavy atom. The van der Waals surface area contributed by atoms with Crippen molar-refractivity contribution in [3.8, 4) is 0 Å². The number of dihydropyridines is 1. The van der Waals surface area contributed by atoms with Gasteiger partial charge in [-0.15, -0.1) is 0 Å². The topological polar surface area (TPSA) is 78.8 Å². The maximum atomic E-state index is 11.0. The molecule has 18 heavy (non-hydrogen) atoms. The summed E-state index contributed by atoms with van der Waals surface area (Å²) in [5, 5.41) is 21.2. The molecule has 1 aromatic carbocycles. The molecule has 1 aliphatic heterocycles. The third kappa shape index (κ3) is 2.70. The molecular weight excluding hydrogens is 234 g/mol. The predicted molar refractivity (Wildman–Crippen MR) is 64.2 cm³/mol. The summed E-state index contributed by atoms with van der Waals surface area (Å²) in [5.41, 5.74) is 0.762. The minimum atomic E-state index is -1.17. The molecule has 1 atom stereocenters. The maximum absolute atomic E-state index is 11.0. The highest BCUT2D eigenvalue weighted by Crippen LogP contribution is 2.17. The Morgan fingerprint density at radius 2 is 2.06 bits per heavy atom. The van der Waals surface area contributed by atoms with E-state index in [9.17, 15) is 9.90 Å². The fourth-order valence-corrected chi connectivity index (χ4v) is 1.59. The Labute approximate surface area is 104 Å². The molecule has 0 saturated carbocycles. The molecule has 1 unspecified atom stereocenters. The number of aliphatic hydroxyl groups is 1. The Morgan fingerprint density at radius 3 is 2.72 bits per heavy atom. The Bertz CT molecular complexity index is 493. The van der Waals surface area contributed by atoms with E-state index in [0.29, 0.717) is 0 Å². The highest BCUT2D eigenvalue weighted by atomic mass is 16.5. The second-order valence-corrected chi connectivity index (χ2v) is 3.77. The van der Waals surface area contributed by atoms with Crippen molar-refractivity contribution in [2.75, 3.05) is 0 Å². The molecule has 5 heteroatoms. The molecule has 0 bridgehead atoms. The number of benzene rings is 1. The average molecular weight is 247 g/mol. The highest BCUT2D eigenvalue weighted by Gasteiger charge is 2.23. The van der Waals surface area contributed by atoms with E-state index in [0.717, 1.165) is 5.56 Å². The molecule has 3 N–H and O–H groups in total. The highest BCUT2D eigenvalue weighted by molar-refractivity contribution is 5.87. The van der Waals surface area contributed by atoms with Gasteiger partial charge in [0.1, 0.15) is 12.7 Å². The van der Waals surface area contributed by atoms with E-state index in [-0.39, 0.29) is 18.1 Å². The number of carboxylic acid groups (broad SMARTS) is 1. The number of aliphatic carboxylic acids is 1. The van der Waals surface area contributed by atoms with Crippen molar-refractivity contribution in [2.24, 2.45) is 0 Å². The van der Waals surface area contributed by atoms with Crippen LogP contribution < -0.4 is 5.32 Å². The molecular formula is C13H13NO4. The SMILES string of the molecule is O=C(O)C1=C(OCc2ccccc2)C(O)C=CN1. The van der Waals surface area contributed by atoms with E-state index in [1.165, 1.54) is 12.3 Å². The van der Waals surface area contributed by atoms with E-state index in [2.05, 4.69) is 5.32 Å². The van der Waals surface area contributed by atoms with Crippen LogP contribution in [-0.2, 0) is 16.1 Å². The summed E-state index contributed by atoms with van der Waals surface area (Å²) in [6.45, 7) is 0.208. The first kappa shape index (κ1) is 12.2. The van der Waals surface area contributed by atoms with Crippen LogP contribution in [0.3, 0.4) is 0 Å². The standard InChI is InChI=1S/C13H13NO4/c15-10-6-7-14-11(13(16)17)12(10)18-8-9-4-2-1-3-5-9/h1-7,10,14-15H,8H2,(H,16,17). The fourth-order valence-electron chi connectivity index (χ4n) is 1.59. The van der Waals surface area contributed by atoms with Gasteiger partial charge in [-0.3, -0.25) is 0 Å². The number of ether oxygens (including phenoxy) is 1. The van der Waals surface area contributed by atoms with Gasteiger partial charge < -0.3 is 20.3 Å². The Hall–Kier alpha value is -2.27. The lowest BCUT2D eigenvalue weighted by Crippen LogP contribution is -2.28. The van der Waals surface area contributed by atoms with E-state index >= 15 is 0 Å². The summed E-state index contributed by atoms with van der Waals surface area (Å²) in [7, 11) is 0. The fraction of sp³-hybridized carbons (Fsp3) is 0.154. The van der Waals surface area contributed by atoms with Gasteiger partial charge in [0.25, 0.3) is 0 Å². The normalized spacial score (nSPS) is 18.4. The summed E-state index contributed by atoms with van der Waals surface area (Å²) < 4.78 is 5.39. The minimum absolute atomic E-state index is 0.0221. The quantitative estimate of drug-likeness (QED) is 0.739. The second kappa shape index (κ2) is 5.37. The smallest absolute Gasteiger partial charge is 0.355 e. The summed E-state index contributed by atoms with van der Waals surface area (Å²) in [4.78, 5) is 11.0. The summed E-state index contributed by atoms with van der Waals surface area (Å²) in [6.07, 6.45) is 1.76. The molecule has 1 heterocycles. The first-order valence-electron chi connectivity index (χ1n) is 5.44. The number of aliphatic hydroxyl groups excluding tert-OH is 1. The van der Waals surface area contributed by atoms with Crippen LogP contribution in [0.5, 0.6) is 0 Å². The van der Waals surface area contributed by atoms with Crippen LogP contribution in [0.2, 0.25) is 0 Å². The molecule has 0 amide bonds. The van der Waals surface area contributed by atoms with Gasteiger partial charge in [-0.2, -0.15) is 0 Å². The van der Waals surface area contributed by atoms with E-state index in [1.807, 2.05) is 30.3 Å². The second-order valence-electron chi connectivity index (χ2n) is 3.77. The number of hydrogen-bond acceptors (Lipinski definition) is 4. The molecule has 1 aromatic rings. The van der Waals surface area contributed by atoms with Crippen LogP contribution in [0.1, 0.15) is 5.56 Å². The maximum Gasteiger partial charge on any atom is 0.355 e. The first-order valence-corrected chi connectivity index (χ1v) is 5.44. The molecule has 2 rings (SSSR count). The summed E-state index contributed by atoms with van der Waals surface area (Å²) >= 11 is 0. The van der Waals surface area contributed by atoms with E-state index < -0.39 is 12.1 Å². The van der Waals surface area contributed by atoms with Gasteiger partial charge >= 0.3 is 5.97 Å². The van der Waals surface area contributed by atoms with Gasteiger partial charge in [-0.1, -0.05) is 30.3 Å². The monoisotopic (exact) mass is 247 g/mol. The zero-order valence-electron chi connectivity index (χ0n) is 9.54. The molecule has 94 valence electrons. The van der Waals surface area contributed by atoms with Crippen LogP contribution in [-0.4, -0.2) is 22.3 Å². The third-order valence-electron chi connectivity index (χ3n) is 2.47. The van der Waals surface area contributed by atoms with Crippen LogP contribution in [0.25, 0.3) is 0 Å². The molecule has 0 saturated heterocycles. The van der Waals surface area contributed by atoms with Crippen molar-refractivity contribution in [3.63, 3.8) is 0 Å². The lowest BCUT2D eigenvalue weighted by atomic mass is 10.2. The number of carboxylic acids is 1. The third-order valence-corrected chi connectivity index (χ3v) is 2.47. The van der Waals surface area contributed by atoms with Crippen LogP contribution in [0.4, 0.5) is 0 Å². The largest absolute Gasteiger partial charge is 0.488 e. The summed E-state index contributed by atoms with van der Waals surface area (Å²) in [5.74, 6) is -1.14. The van der Waals surface area contributed by atoms with Crippen molar-refractivity contribution >= 4 is 5.97 Å². The molecule has 0 aliphatic carbocycles. The van der Waals surface area contributed by atoms with Crippen molar-refractivity contribution in [1.82, 2.24) is 5.32 Å². The number of rotatable bonds is 4. The molecule has 0 spiro atoms. The lowest BCUT2D eigenvalue weighted by molar-refractivity contribution is -0.133. The van der Waals surface area contributed by atoms with Gasteiger partial charge in [0, 0.05) is 6.20 Å². The predicted octanol–water partition coefficient (Wildman–Crippen LogP) is 0.977. The number of hydrogen-bond donors (Lipinski definition) is 3. The molecule has 0 fully saturated rings. The zero-order valence-corrected chi connectivity index (χ0v) is 9.54. The first-order chi connectivity index (χ1) is 8.68. The van der Waals surface area contributed by atoms with Crippen molar-refractivity contribution in [2.45, 2.75) is 12.7 Å². The summed E-state index contributed by atoms with van der Waals surface area (Å²) in [6, 6.07) is 9.32. The van der Waals surface area contributed by atoms with Gasteiger partial charge in [0.05, 0.1) is 0 Å². The van der Waals surface area contributed by atoms with Crippen LogP contribution in [0.15, 0.2) is 54.1 Å². The van der Waals surface area contributed by atoms with Gasteiger partial charge in [-0.05, 0) is 11.6 Å². The Balaban J connectivity index is 2.12. The van der Waals surface area contributed by atoms with E-state index in [1.54, 1.807) is 0 Å². The molecule has 1 aliphatic rings.